The van der Waals surface area contributed by atoms with E-state index in [-0.39, 0.29) is 19.0 Å². The summed E-state index contributed by atoms with van der Waals surface area (Å²) in [6.45, 7) is 3.84. The molecule has 0 aliphatic carbocycles. The average molecular weight is 414 g/mol. The third-order valence-corrected chi connectivity index (χ3v) is 5.36. The number of carbonyl (C=O) groups excluding carboxylic acids is 1. The zero-order chi connectivity index (χ0) is 22.0. The second-order valence-electron chi connectivity index (χ2n) is 7.34. The second-order valence-corrected chi connectivity index (χ2v) is 7.34. The van der Waals surface area contributed by atoms with Gasteiger partial charge >= 0.3 is 5.69 Å². The van der Waals surface area contributed by atoms with E-state index >= 15 is 0 Å². The molecular formula is C24H22N4O3. The summed E-state index contributed by atoms with van der Waals surface area (Å²) in [4.78, 5) is 43.4. The van der Waals surface area contributed by atoms with Crippen molar-refractivity contribution in [3.8, 4) is 5.69 Å². The van der Waals surface area contributed by atoms with Crippen LogP contribution in [0.2, 0.25) is 0 Å². The highest BCUT2D eigenvalue weighted by atomic mass is 16.2. The quantitative estimate of drug-likeness (QED) is 0.544. The van der Waals surface area contributed by atoms with Gasteiger partial charge in [0.15, 0.2) is 0 Å². The highest BCUT2D eigenvalue weighted by Gasteiger charge is 2.17. The third kappa shape index (κ3) is 3.90. The molecule has 31 heavy (non-hydrogen) atoms. The van der Waals surface area contributed by atoms with E-state index in [1.165, 1.54) is 4.57 Å². The number of aromatic nitrogens is 3. The van der Waals surface area contributed by atoms with Crippen LogP contribution in [-0.2, 0) is 17.9 Å². The summed E-state index contributed by atoms with van der Waals surface area (Å²) in [5.41, 5.74) is 2.51. The van der Waals surface area contributed by atoms with Gasteiger partial charge in [-0.25, -0.2) is 9.36 Å². The predicted octanol–water partition coefficient (Wildman–Crippen LogP) is 2.48. The van der Waals surface area contributed by atoms with E-state index in [0.29, 0.717) is 22.3 Å². The van der Waals surface area contributed by atoms with Crippen molar-refractivity contribution in [1.82, 2.24) is 19.4 Å². The Kier molecular flexibility index (Phi) is 5.49. The summed E-state index contributed by atoms with van der Waals surface area (Å²) in [5, 5.41) is 3.16. The fourth-order valence-corrected chi connectivity index (χ4v) is 3.56. The third-order valence-electron chi connectivity index (χ3n) is 5.36. The van der Waals surface area contributed by atoms with Crippen LogP contribution in [0.5, 0.6) is 0 Å². The summed E-state index contributed by atoms with van der Waals surface area (Å²) in [5.74, 6) is -0.343. The number of amides is 1. The number of benzene rings is 2. The highest BCUT2D eigenvalue weighted by molar-refractivity contribution is 5.82. The molecule has 0 aliphatic rings. The summed E-state index contributed by atoms with van der Waals surface area (Å²) in [6, 6.07) is 17.8. The standard InChI is InChI=1S/C24H22N4O3/c1-16-8-7-12-20(17(16)2)28-23(30)19-10-3-4-11-21(19)27(24(28)31)15-22(29)26-14-18-9-5-6-13-25-18/h3-13H,14-15H2,1-2H3,(H,26,29). The molecule has 4 rings (SSSR count). The lowest BCUT2D eigenvalue weighted by molar-refractivity contribution is -0.121. The highest BCUT2D eigenvalue weighted by Crippen LogP contribution is 2.16. The Hall–Kier alpha value is -4.00. The van der Waals surface area contributed by atoms with Crippen molar-refractivity contribution in [1.29, 1.82) is 0 Å². The predicted molar refractivity (Wildman–Crippen MR) is 119 cm³/mol. The van der Waals surface area contributed by atoms with Crippen molar-refractivity contribution < 1.29 is 4.79 Å². The van der Waals surface area contributed by atoms with Gasteiger partial charge in [-0.05, 0) is 55.3 Å². The summed E-state index contributed by atoms with van der Waals surface area (Å²) in [6.07, 6.45) is 1.65. The van der Waals surface area contributed by atoms with Crippen LogP contribution in [0.3, 0.4) is 0 Å². The molecule has 156 valence electrons. The number of fused-ring (bicyclic) bond motifs is 1. The first-order valence-corrected chi connectivity index (χ1v) is 9.95. The number of para-hydroxylation sites is 1. The molecule has 0 aliphatic heterocycles. The van der Waals surface area contributed by atoms with Gasteiger partial charge in [0.25, 0.3) is 5.56 Å². The van der Waals surface area contributed by atoms with Crippen LogP contribution in [0.15, 0.2) is 76.4 Å². The van der Waals surface area contributed by atoms with E-state index in [2.05, 4.69) is 10.3 Å². The average Bonchev–Trinajstić information content (AvgIpc) is 2.79. The van der Waals surface area contributed by atoms with Crippen molar-refractivity contribution >= 4 is 16.8 Å². The minimum Gasteiger partial charge on any atom is -0.349 e. The second kappa shape index (κ2) is 8.39. The molecular weight excluding hydrogens is 392 g/mol. The van der Waals surface area contributed by atoms with Gasteiger partial charge in [0.2, 0.25) is 5.91 Å². The smallest absolute Gasteiger partial charge is 0.336 e. The Morgan fingerprint density at radius 1 is 0.968 bits per heavy atom. The topological polar surface area (TPSA) is 86.0 Å². The van der Waals surface area contributed by atoms with Crippen molar-refractivity contribution in [2.24, 2.45) is 0 Å². The lowest BCUT2D eigenvalue weighted by Gasteiger charge is -2.16. The van der Waals surface area contributed by atoms with Crippen LogP contribution in [0.4, 0.5) is 0 Å². The van der Waals surface area contributed by atoms with Crippen LogP contribution < -0.4 is 16.6 Å². The van der Waals surface area contributed by atoms with Gasteiger partial charge in [-0.1, -0.05) is 30.3 Å². The number of hydrogen-bond donors (Lipinski definition) is 1. The Labute approximate surface area is 178 Å². The molecule has 2 aromatic heterocycles. The van der Waals surface area contributed by atoms with E-state index < -0.39 is 11.2 Å². The van der Waals surface area contributed by atoms with Gasteiger partial charge in [0, 0.05) is 6.20 Å². The maximum absolute atomic E-state index is 13.4. The van der Waals surface area contributed by atoms with Crippen molar-refractivity contribution in [3.63, 3.8) is 0 Å². The van der Waals surface area contributed by atoms with Crippen LogP contribution in [0, 0.1) is 13.8 Å². The van der Waals surface area contributed by atoms with E-state index in [1.807, 2.05) is 38.1 Å². The van der Waals surface area contributed by atoms with Gasteiger partial charge in [-0.2, -0.15) is 0 Å². The molecule has 2 heterocycles. The van der Waals surface area contributed by atoms with Gasteiger partial charge in [0.1, 0.15) is 6.54 Å². The van der Waals surface area contributed by atoms with Crippen LogP contribution in [0.1, 0.15) is 16.8 Å². The number of aryl methyl sites for hydroxylation is 1. The molecule has 1 amide bonds. The lowest BCUT2D eigenvalue weighted by Crippen LogP contribution is -2.42. The zero-order valence-corrected chi connectivity index (χ0v) is 17.3. The molecule has 7 heteroatoms. The van der Waals surface area contributed by atoms with E-state index in [9.17, 15) is 14.4 Å². The normalized spacial score (nSPS) is 10.9. The molecule has 0 atom stereocenters. The number of nitrogens with one attached hydrogen (secondary N) is 1. The molecule has 7 nitrogen and oxygen atoms in total. The maximum atomic E-state index is 13.4. The van der Waals surface area contributed by atoms with E-state index in [1.54, 1.807) is 42.6 Å². The Balaban J connectivity index is 1.80. The Morgan fingerprint density at radius 2 is 1.74 bits per heavy atom. The number of pyridine rings is 1. The molecule has 2 aromatic carbocycles. The number of nitrogens with zero attached hydrogens (tertiary/aromatic N) is 3. The molecule has 0 unspecified atom stereocenters. The number of rotatable bonds is 5. The SMILES string of the molecule is Cc1cccc(-n2c(=O)c3ccccc3n(CC(=O)NCc3ccccn3)c2=O)c1C. The largest absolute Gasteiger partial charge is 0.349 e. The zero-order valence-electron chi connectivity index (χ0n) is 17.3. The molecule has 0 bridgehead atoms. The first kappa shape index (κ1) is 20.3. The monoisotopic (exact) mass is 414 g/mol. The molecule has 0 saturated carbocycles. The lowest BCUT2D eigenvalue weighted by atomic mass is 10.1. The summed E-state index contributed by atoms with van der Waals surface area (Å²) < 4.78 is 2.49. The van der Waals surface area contributed by atoms with Crippen molar-refractivity contribution in [2.75, 3.05) is 0 Å². The summed E-state index contributed by atoms with van der Waals surface area (Å²) in [7, 11) is 0. The minimum atomic E-state index is -0.551. The molecule has 0 saturated heterocycles. The molecule has 1 N–H and O–H groups in total. The van der Waals surface area contributed by atoms with E-state index in [4.69, 9.17) is 0 Å². The van der Waals surface area contributed by atoms with Crippen molar-refractivity contribution in [3.05, 3.63) is 105 Å². The van der Waals surface area contributed by atoms with E-state index in [0.717, 1.165) is 15.7 Å². The van der Waals surface area contributed by atoms with Crippen LogP contribution in [0.25, 0.3) is 16.6 Å². The molecule has 0 spiro atoms. The number of carbonyl (C=O) groups is 1. The molecule has 4 aromatic rings. The number of hydrogen-bond acceptors (Lipinski definition) is 4. The van der Waals surface area contributed by atoms with Crippen LogP contribution in [-0.4, -0.2) is 20.0 Å². The maximum Gasteiger partial charge on any atom is 0.336 e. The van der Waals surface area contributed by atoms with Gasteiger partial charge < -0.3 is 5.32 Å². The molecule has 0 fully saturated rings. The van der Waals surface area contributed by atoms with Gasteiger partial charge in [-0.3, -0.25) is 19.1 Å². The van der Waals surface area contributed by atoms with Crippen molar-refractivity contribution in [2.45, 2.75) is 26.9 Å². The van der Waals surface area contributed by atoms with Gasteiger partial charge in [-0.15, -0.1) is 0 Å². The van der Waals surface area contributed by atoms with Crippen LogP contribution >= 0.6 is 0 Å². The van der Waals surface area contributed by atoms with Gasteiger partial charge in [0.05, 0.1) is 28.8 Å². The fraction of sp³-hybridized carbons (Fsp3) is 0.167. The fourth-order valence-electron chi connectivity index (χ4n) is 3.56. The summed E-state index contributed by atoms with van der Waals surface area (Å²) >= 11 is 0. The minimum absolute atomic E-state index is 0.211. The molecule has 0 radical (unpaired) electrons. The Morgan fingerprint density at radius 3 is 2.52 bits per heavy atom. The Bertz CT molecular complexity index is 1390. The first-order valence-electron chi connectivity index (χ1n) is 9.95. The first-order chi connectivity index (χ1) is 15.0.